The van der Waals surface area contributed by atoms with Gasteiger partial charge in [-0.05, 0) is 0 Å². The predicted molar refractivity (Wildman–Crippen MR) is 132 cm³/mol. The molecule has 0 aromatic heterocycles. The van der Waals surface area contributed by atoms with Gasteiger partial charge in [-0.15, -0.1) is 0 Å². The Bertz CT molecular complexity index is 1340. The Hall–Kier alpha value is -3.16. The summed E-state index contributed by atoms with van der Waals surface area (Å²) in [5.74, 6) is -18.5. The fourth-order valence-electron chi connectivity index (χ4n) is 4.67. The quantitative estimate of drug-likeness (QED) is 0.144. The third kappa shape index (κ3) is 4.55. The van der Waals surface area contributed by atoms with Crippen LogP contribution in [0, 0.1) is 46.5 Å². The summed E-state index contributed by atoms with van der Waals surface area (Å²) in [5, 5.41) is 0. The zero-order valence-corrected chi connectivity index (χ0v) is 24.4. The van der Waals surface area contributed by atoms with Gasteiger partial charge in [-0.1, -0.05) is 0 Å². The number of ether oxygens (including phenoxy) is 2. The maximum atomic E-state index is 16.0. The summed E-state index contributed by atoms with van der Waals surface area (Å²) >= 11 is -6.63. The minimum atomic E-state index is -6.63. The number of hydrogen-bond acceptors (Lipinski definition) is 2. The van der Waals surface area contributed by atoms with E-state index in [0.29, 0.717) is 0 Å². The van der Waals surface area contributed by atoms with E-state index in [4.69, 9.17) is 9.47 Å². The summed E-state index contributed by atoms with van der Waals surface area (Å²) in [6.07, 6.45) is 0. The maximum absolute atomic E-state index is 16.0. The molecule has 0 radical (unpaired) electrons. The molecule has 0 amide bonds. The van der Waals surface area contributed by atoms with Crippen LogP contribution in [0.3, 0.4) is 0 Å². The third-order valence-electron chi connectivity index (χ3n) is 6.19. The Labute approximate surface area is 223 Å². The summed E-state index contributed by atoms with van der Waals surface area (Å²) in [4.78, 5) is 0. The second-order valence-electron chi connectivity index (χ2n) is 8.27. The van der Waals surface area contributed by atoms with Gasteiger partial charge in [-0.3, -0.25) is 0 Å². The summed E-state index contributed by atoms with van der Waals surface area (Å²) < 4.78 is 132. The van der Waals surface area contributed by atoms with Crippen LogP contribution in [-0.4, -0.2) is 34.4 Å². The van der Waals surface area contributed by atoms with Crippen LogP contribution in [0.2, 0.25) is 0 Å². The van der Waals surface area contributed by atoms with Crippen molar-refractivity contribution < 1.29 is 44.6 Å². The van der Waals surface area contributed by atoms with Crippen molar-refractivity contribution in [3.05, 3.63) is 107 Å². The van der Waals surface area contributed by atoms with E-state index in [-0.39, 0.29) is 19.5 Å². The minimum absolute atomic E-state index is 0.141. The van der Waals surface area contributed by atoms with Crippen LogP contribution in [-0.2, 0) is 0 Å². The standard InChI is InChI=1S/2C8H5F4O.2C6H5.Pb/c2*1-2-13-8-6(11)4(9)3-5(10)7(8)12;2*1-2-4-6-5-3-1;/h2*2H2,1H3;2*1-5H;. The van der Waals surface area contributed by atoms with Gasteiger partial charge in [-0.25, -0.2) is 0 Å². The molecule has 39 heavy (non-hydrogen) atoms. The van der Waals surface area contributed by atoms with E-state index in [9.17, 15) is 0 Å². The fourth-order valence-corrected chi connectivity index (χ4v) is 23.6. The molecule has 4 rings (SSSR count). The Kier molecular flexibility index (Phi) is 8.52. The van der Waals surface area contributed by atoms with Crippen molar-refractivity contribution in [1.29, 1.82) is 0 Å². The number of benzene rings is 4. The zero-order valence-electron chi connectivity index (χ0n) is 20.5. The van der Waals surface area contributed by atoms with Gasteiger partial charge in [0.1, 0.15) is 0 Å². The molecule has 204 valence electrons. The molecule has 4 aromatic rings. The molecule has 0 aliphatic heterocycles. The van der Waals surface area contributed by atoms with Crippen LogP contribution in [0.15, 0.2) is 60.7 Å². The predicted octanol–water partition coefficient (Wildman–Crippen LogP) is 4.97. The molecule has 0 unspecified atom stereocenters. The van der Waals surface area contributed by atoms with Crippen LogP contribution < -0.4 is 22.0 Å². The summed E-state index contributed by atoms with van der Waals surface area (Å²) in [5.41, 5.74) is 0. The molecule has 0 aliphatic rings. The molecule has 0 heterocycles. The van der Waals surface area contributed by atoms with Crippen molar-refractivity contribution >= 4 is 33.7 Å². The fraction of sp³-hybridized carbons (Fsp3) is 0.143. The van der Waals surface area contributed by atoms with Crippen molar-refractivity contribution in [3.63, 3.8) is 0 Å². The number of halogens is 8. The van der Waals surface area contributed by atoms with Crippen molar-refractivity contribution in [3.8, 4) is 11.5 Å². The van der Waals surface area contributed by atoms with Gasteiger partial charge in [-0.2, -0.15) is 0 Å². The first-order valence-corrected chi connectivity index (χ1v) is 19.5. The van der Waals surface area contributed by atoms with E-state index < -0.39 is 85.5 Å². The molecule has 0 saturated heterocycles. The molecule has 0 fully saturated rings. The Morgan fingerprint density at radius 1 is 0.462 bits per heavy atom. The van der Waals surface area contributed by atoms with E-state index >= 15 is 35.1 Å². The SMILES string of the molecule is CCOc1c(F)c(F)[c]([Pb]([c]2ccccc2)([c]2ccccc2)[c]2c(F)c(F)c(OCC)c(F)c2F)c(F)c1F. The van der Waals surface area contributed by atoms with Gasteiger partial charge in [0.2, 0.25) is 0 Å². The summed E-state index contributed by atoms with van der Waals surface area (Å²) in [6, 6.07) is 13.4. The second-order valence-corrected chi connectivity index (χ2v) is 22.5. The first-order valence-electron chi connectivity index (χ1n) is 11.7. The van der Waals surface area contributed by atoms with E-state index in [1.54, 1.807) is 0 Å². The van der Waals surface area contributed by atoms with E-state index in [2.05, 4.69) is 0 Å². The van der Waals surface area contributed by atoms with Crippen LogP contribution >= 0.6 is 0 Å². The topological polar surface area (TPSA) is 18.5 Å². The summed E-state index contributed by atoms with van der Waals surface area (Å²) in [6.45, 7) is 1.91. The summed E-state index contributed by atoms with van der Waals surface area (Å²) in [7, 11) is 0. The van der Waals surface area contributed by atoms with E-state index in [0.717, 1.165) is 0 Å². The van der Waals surface area contributed by atoms with Crippen molar-refractivity contribution in [2.45, 2.75) is 13.8 Å². The molecule has 4 aromatic carbocycles. The Morgan fingerprint density at radius 3 is 1.00 bits per heavy atom. The Morgan fingerprint density at radius 2 is 0.744 bits per heavy atom. The molecule has 0 bridgehead atoms. The van der Waals surface area contributed by atoms with Gasteiger partial charge in [0.05, 0.1) is 0 Å². The molecule has 0 aliphatic carbocycles. The van der Waals surface area contributed by atoms with Gasteiger partial charge in [0, 0.05) is 0 Å². The average Bonchev–Trinajstić information content (AvgIpc) is 2.95. The normalized spacial score (nSPS) is 11.5. The number of rotatable bonds is 8. The van der Waals surface area contributed by atoms with Crippen LogP contribution in [0.25, 0.3) is 0 Å². The molecule has 2 nitrogen and oxygen atoms in total. The first-order chi connectivity index (χ1) is 18.6. The first kappa shape index (κ1) is 28.8. The average molecular weight is 748 g/mol. The van der Waals surface area contributed by atoms with Gasteiger partial charge >= 0.3 is 224 Å². The number of hydrogen-bond donors (Lipinski definition) is 0. The molecule has 0 spiro atoms. The van der Waals surface area contributed by atoms with Crippen molar-refractivity contribution in [1.82, 2.24) is 0 Å². The molecule has 0 atom stereocenters. The van der Waals surface area contributed by atoms with E-state index in [1.807, 2.05) is 0 Å². The van der Waals surface area contributed by atoms with Crippen molar-refractivity contribution in [2.75, 3.05) is 13.2 Å². The van der Waals surface area contributed by atoms with Crippen LogP contribution in [0.1, 0.15) is 13.8 Å². The molecular weight excluding hydrogens is 727 g/mol. The monoisotopic (exact) mass is 748 g/mol. The van der Waals surface area contributed by atoms with Crippen LogP contribution in [0.4, 0.5) is 35.1 Å². The third-order valence-corrected chi connectivity index (χ3v) is 24.8. The van der Waals surface area contributed by atoms with E-state index in [1.165, 1.54) is 74.5 Å². The second kappa shape index (κ2) is 11.5. The van der Waals surface area contributed by atoms with Gasteiger partial charge in [0.15, 0.2) is 0 Å². The molecule has 11 heteroatoms. The van der Waals surface area contributed by atoms with Crippen molar-refractivity contribution in [2.24, 2.45) is 0 Å². The van der Waals surface area contributed by atoms with Crippen LogP contribution in [0.5, 0.6) is 11.5 Å². The molecule has 0 N–H and O–H groups in total. The molecule has 0 saturated carbocycles. The molecular formula is C28H20F8O2Pb. The zero-order chi connectivity index (χ0) is 28.5. The Balaban J connectivity index is 2.35. The van der Waals surface area contributed by atoms with Gasteiger partial charge in [0.25, 0.3) is 0 Å². The van der Waals surface area contributed by atoms with Gasteiger partial charge < -0.3 is 0 Å².